The minimum atomic E-state index is -1.24. The van der Waals surface area contributed by atoms with Crippen molar-refractivity contribution in [2.24, 2.45) is 10.8 Å². The Morgan fingerprint density at radius 3 is 2.58 bits per heavy atom. The second-order valence-corrected chi connectivity index (χ2v) is 5.85. The zero-order valence-corrected chi connectivity index (χ0v) is 14.0. The average molecular weight is 380 g/mol. The van der Waals surface area contributed by atoms with Gasteiger partial charge in [0.2, 0.25) is 0 Å². The first-order valence-electron chi connectivity index (χ1n) is 7.42. The summed E-state index contributed by atoms with van der Waals surface area (Å²) in [5.74, 6) is -4.17. The Bertz CT molecular complexity index is 916. The van der Waals surface area contributed by atoms with Crippen molar-refractivity contribution < 1.29 is 23.1 Å². The van der Waals surface area contributed by atoms with E-state index in [1.54, 1.807) is 24.3 Å². The number of carbonyl (C=O) groups is 2. The van der Waals surface area contributed by atoms with Gasteiger partial charge in [0, 0.05) is 5.02 Å². The van der Waals surface area contributed by atoms with Crippen molar-refractivity contribution in [3.63, 3.8) is 0 Å². The smallest absolute Gasteiger partial charge is 0.254 e. The lowest BCUT2D eigenvalue weighted by atomic mass is 10.1. The zero-order chi connectivity index (χ0) is 18.8. The number of rotatable bonds is 5. The molecule has 0 bridgehead atoms. The minimum Gasteiger partial charge on any atom is -0.484 e. The number of halogens is 3. The van der Waals surface area contributed by atoms with Gasteiger partial charge in [-0.15, -0.1) is 0 Å². The highest BCUT2D eigenvalue weighted by molar-refractivity contribution is 6.30. The summed E-state index contributed by atoms with van der Waals surface area (Å²) in [6.45, 7) is -0.212. The van der Waals surface area contributed by atoms with Crippen LogP contribution in [0.15, 0.2) is 41.5 Å². The predicted molar refractivity (Wildman–Crippen MR) is 91.4 cm³/mol. The van der Waals surface area contributed by atoms with Crippen molar-refractivity contribution in [1.29, 1.82) is 0 Å². The molecule has 0 radical (unpaired) electrons. The van der Waals surface area contributed by atoms with Gasteiger partial charge in [0.1, 0.15) is 18.0 Å². The molecule has 2 aromatic rings. The van der Waals surface area contributed by atoms with Gasteiger partial charge in [-0.2, -0.15) is 5.10 Å². The molecule has 0 saturated carbocycles. The number of hydrogen-bond acceptors (Lipinski definition) is 4. The number of ether oxygens (including phenoxy) is 1. The molecule has 1 heterocycles. The van der Waals surface area contributed by atoms with Gasteiger partial charge in [-0.05, 0) is 36.4 Å². The zero-order valence-electron chi connectivity index (χ0n) is 13.2. The van der Waals surface area contributed by atoms with Crippen LogP contribution < -0.4 is 15.5 Å². The topological polar surface area (TPSA) is 85.0 Å². The SMILES string of the molecule is NC(=O)c1c(F)ccc(OCC2=NN(c3ccc(Cl)cc3)C(=O)C2)c1F. The van der Waals surface area contributed by atoms with E-state index in [1.807, 2.05) is 0 Å². The van der Waals surface area contributed by atoms with Crippen LogP contribution in [0, 0.1) is 11.6 Å². The Morgan fingerprint density at radius 1 is 1.23 bits per heavy atom. The van der Waals surface area contributed by atoms with Crippen molar-refractivity contribution in [3.05, 3.63) is 58.6 Å². The highest BCUT2D eigenvalue weighted by atomic mass is 35.5. The van der Waals surface area contributed by atoms with E-state index >= 15 is 0 Å². The van der Waals surface area contributed by atoms with Crippen LogP contribution in [-0.4, -0.2) is 24.1 Å². The van der Waals surface area contributed by atoms with Crippen molar-refractivity contribution >= 4 is 34.8 Å². The average Bonchev–Trinajstić information content (AvgIpc) is 2.95. The van der Waals surface area contributed by atoms with Crippen LogP contribution >= 0.6 is 11.6 Å². The fraction of sp³-hybridized carbons (Fsp3) is 0.118. The molecule has 6 nitrogen and oxygen atoms in total. The fourth-order valence-corrected chi connectivity index (χ4v) is 2.50. The number of anilines is 1. The maximum atomic E-state index is 14.1. The number of amides is 2. The molecule has 1 aliphatic rings. The summed E-state index contributed by atoms with van der Waals surface area (Å²) in [6, 6.07) is 8.41. The van der Waals surface area contributed by atoms with Gasteiger partial charge in [0.25, 0.3) is 11.8 Å². The van der Waals surface area contributed by atoms with Gasteiger partial charge in [-0.3, -0.25) is 9.59 Å². The standard InChI is InChI=1S/C17H12ClF2N3O3/c18-9-1-3-11(4-2-9)23-14(24)7-10(22-23)8-26-13-6-5-12(19)15(16(13)20)17(21)25/h1-6H,7-8H2,(H2,21,25). The van der Waals surface area contributed by atoms with Crippen LogP contribution in [-0.2, 0) is 4.79 Å². The van der Waals surface area contributed by atoms with Crippen LogP contribution in [0.4, 0.5) is 14.5 Å². The van der Waals surface area contributed by atoms with E-state index < -0.39 is 23.1 Å². The molecule has 134 valence electrons. The van der Waals surface area contributed by atoms with Crippen LogP contribution in [0.5, 0.6) is 5.75 Å². The van der Waals surface area contributed by atoms with Crippen molar-refractivity contribution in [2.45, 2.75) is 6.42 Å². The maximum absolute atomic E-state index is 14.1. The minimum absolute atomic E-state index is 0.0197. The van der Waals surface area contributed by atoms with Gasteiger partial charge in [-0.1, -0.05) is 11.6 Å². The molecule has 26 heavy (non-hydrogen) atoms. The molecule has 3 rings (SSSR count). The summed E-state index contributed by atoms with van der Waals surface area (Å²) >= 11 is 5.81. The number of primary amides is 1. The second-order valence-electron chi connectivity index (χ2n) is 5.41. The molecule has 0 unspecified atom stereocenters. The third-order valence-electron chi connectivity index (χ3n) is 3.60. The number of benzene rings is 2. The van der Waals surface area contributed by atoms with Gasteiger partial charge in [0.05, 0.1) is 17.8 Å². The van der Waals surface area contributed by atoms with Gasteiger partial charge >= 0.3 is 0 Å². The molecular weight excluding hydrogens is 368 g/mol. The first kappa shape index (κ1) is 17.8. The lowest BCUT2D eigenvalue weighted by molar-refractivity contribution is -0.116. The Morgan fingerprint density at radius 2 is 1.92 bits per heavy atom. The van der Waals surface area contributed by atoms with E-state index in [2.05, 4.69) is 5.10 Å². The first-order valence-corrected chi connectivity index (χ1v) is 7.80. The highest BCUT2D eigenvalue weighted by Gasteiger charge is 2.26. The summed E-state index contributed by atoms with van der Waals surface area (Å²) in [7, 11) is 0. The Balaban J connectivity index is 1.75. The summed E-state index contributed by atoms with van der Waals surface area (Å²) in [6.07, 6.45) is -0.0197. The van der Waals surface area contributed by atoms with E-state index in [0.29, 0.717) is 16.4 Å². The van der Waals surface area contributed by atoms with Gasteiger partial charge in [0.15, 0.2) is 11.6 Å². The molecule has 1 aliphatic heterocycles. The monoisotopic (exact) mass is 379 g/mol. The van der Waals surface area contributed by atoms with Crippen molar-refractivity contribution in [3.8, 4) is 5.75 Å². The molecule has 0 fully saturated rings. The second kappa shape index (κ2) is 7.09. The summed E-state index contributed by atoms with van der Waals surface area (Å²) < 4.78 is 32.8. The van der Waals surface area contributed by atoms with Crippen LogP contribution in [0.1, 0.15) is 16.8 Å². The van der Waals surface area contributed by atoms with E-state index in [4.69, 9.17) is 22.1 Å². The van der Waals surface area contributed by atoms with E-state index in [0.717, 1.165) is 12.1 Å². The summed E-state index contributed by atoms with van der Waals surface area (Å²) in [5, 5.41) is 5.84. The fourth-order valence-electron chi connectivity index (χ4n) is 2.38. The first-order chi connectivity index (χ1) is 12.4. The molecule has 0 spiro atoms. The Kier molecular flexibility index (Phi) is 4.85. The molecule has 2 amide bonds. The molecule has 0 aliphatic carbocycles. The normalized spacial score (nSPS) is 13.7. The van der Waals surface area contributed by atoms with Crippen molar-refractivity contribution in [1.82, 2.24) is 0 Å². The van der Waals surface area contributed by atoms with Crippen LogP contribution in [0.2, 0.25) is 5.02 Å². The summed E-state index contributed by atoms with van der Waals surface area (Å²) in [5.41, 5.74) is 4.94. The number of nitrogens with zero attached hydrogens (tertiary/aromatic N) is 2. The quantitative estimate of drug-likeness (QED) is 0.866. The molecule has 2 N–H and O–H groups in total. The van der Waals surface area contributed by atoms with Crippen LogP contribution in [0.3, 0.4) is 0 Å². The number of nitrogens with two attached hydrogens (primary N) is 1. The largest absolute Gasteiger partial charge is 0.484 e. The van der Waals surface area contributed by atoms with E-state index in [1.165, 1.54) is 5.01 Å². The van der Waals surface area contributed by atoms with Crippen LogP contribution in [0.25, 0.3) is 0 Å². The van der Waals surface area contributed by atoms with Gasteiger partial charge < -0.3 is 10.5 Å². The third-order valence-corrected chi connectivity index (χ3v) is 3.85. The van der Waals surface area contributed by atoms with E-state index in [-0.39, 0.29) is 24.7 Å². The highest BCUT2D eigenvalue weighted by Crippen LogP contribution is 2.25. The predicted octanol–water partition coefficient (Wildman–Crippen LogP) is 2.89. The molecule has 0 aromatic heterocycles. The molecule has 0 atom stereocenters. The lowest BCUT2D eigenvalue weighted by Crippen LogP contribution is -2.19. The molecule has 0 saturated heterocycles. The lowest BCUT2D eigenvalue weighted by Gasteiger charge is -2.11. The number of carbonyl (C=O) groups excluding carboxylic acids is 2. The summed E-state index contributed by atoms with van der Waals surface area (Å²) in [4.78, 5) is 23.2. The molecular formula is C17H12ClF2N3O3. The Labute approximate surface area is 151 Å². The number of hydrogen-bond donors (Lipinski definition) is 1. The molecule has 2 aromatic carbocycles. The van der Waals surface area contributed by atoms with E-state index in [9.17, 15) is 18.4 Å². The Hall–Kier alpha value is -3.00. The third kappa shape index (κ3) is 3.50. The van der Waals surface area contributed by atoms with Gasteiger partial charge in [-0.25, -0.2) is 13.8 Å². The molecule has 9 heteroatoms. The number of hydrazone groups is 1. The maximum Gasteiger partial charge on any atom is 0.254 e. The van der Waals surface area contributed by atoms with Crippen molar-refractivity contribution in [2.75, 3.05) is 11.6 Å².